The minimum Gasteiger partial charge on any atom is -0.296 e. The second kappa shape index (κ2) is 3.62. The van der Waals surface area contributed by atoms with Gasteiger partial charge in [-0.25, -0.2) is 0 Å². The molecule has 2 unspecified atom stereocenters. The fourth-order valence-electron chi connectivity index (χ4n) is 2.96. The van der Waals surface area contributed by atoms with Crippen LogP contribution in [0, 0.1) is 17.3 Å². The number of nitrogens with one attached hydrogen (secondary N) is 1. The van der Waals surface area contributed by atoms with Crippen molar-refractivity contribution in [2.45, 2.75) is 46.0 Å². The average molecular weight is 209 g/mol. The molecule has 1 aliphatic heterocycles. The monoisotopic (exact) mass is 209 g/mol. The summed E-state index contributed by atoms with van der Waals surface area (Å²) in [6, 6.07) is 0. The van der Waals surface area contributed by atoms with E-state index < -0.39 is 0 Å². The van der Waals surface area contributed by atoms with E-state index in [9.17, 15) is 9.59 Å². The van der Waals surface area contributed by atoms with Crippen LogP contribution in [0.1, 0.15) is 46.0 Å². The molecule has 0 aromatic carbocycles. The Kier molecular flexibility index (Phi) is 2.57. The zero-order chi connectivity index (χ0) is 11.1. The molecule has 15 heavy (non-hydrogen) atoms. The molecule has 1 saturated heterocycles. The highest BCUT2D eigenvalue weighted by molar-refractivity contribution is 5.99. The molecule has 3 nitrogen and oxygen atoms in total. The third-order valence-corrected chi connectivity index (χ3v) is 4.00. The fourth-order valence-corrected chi connectivity index (χ4v) is 2.96. The maximum absolute atomic E-state index is 11.8. The summed E-state index contributed by atoms with van der Waals surface area (Å²) in [7, 11) is 0. The standard InChI is InChI=1S/C12H19NO2/c1-3-4-9-11(15)13-10(14)7-12(9,2)8-5-6-8/h8-9H,3-7H2,1-2H3,(H,13,14,15). The molecule has 3 heteroatoms. The zero-order valence-electron chi connectivity index (χ0n) is 9.51. The highest BCUT2D eigenvalue weighted by Crippen LogP contribution is 2.54. The first-order valence-electron chi connectivity index (χ1n) is 5.91. The number of hydrogen-bond acceptors (Lipinski definition) is 2. The molecular formula is C12H19NO2. The second-order valence-corrected chi connectivity index (χ2v) is 5.21. The van der Waals surface area contributed by atoms with Crippen molar-refractivity contribution >= 4 is 11.8 Å². The lowest BCUT2D eigenvalue weighted by molar-refractivity contribution is -0.144. The Morgan fingerprint density at radius 3 is 2.60 bits per heavy atom. The quantitative estimate of drug-likeness (QED) is 0.721. The minimum absolute atomic E-state index is 0.0394. The van der Waals surface area contributed by atoms with Crippen molar-refractivity contribution in [2.75, 3.05) is 0 Å². The molecule has 0 radical (unpaired) electrons. The van der Waals surface area contributed by atoms with Crippen LogP contribution in [0.25, 0.3) is 0 Å². The number of imide groups is 1. The first kappa shape index (κ1) is 10.7. The molecule has 0 aromatic heterocycles. The largest absolute Gasteiger partial charge is 0.296 e. The summed E-state index contributed by atoms with van der Waals surface area (Å²) in [5.41, 5.74) is -0.0601. The van der Waals surface area contributed by atoms with Crippen LogP contribution in [0.2, 0.25) is 0 Å². The molecule has 2 fully saturated rings. The van der Waals surface area contributed by atoms with Crippen molar-refractivity contribution in [1.29, 1.82) is 0 Å². The number of hydrogen-bond donors (Lipinski definition) is 1. The van der Waals surface area contributed by atoms with E-state index in [1.54, 1.807) is 0 Å². The van der Waals surface area contributed by atoms with E-state index in [1.807, 2.05) is 0 Å². The number of rotatable bonds is 3. The van der Waals surface area contributed by atoms with E-state index in [-0.39, 0.29) is 23.1 Å². The normalized spacial score (nSPS) is 36.5. The number of amides is 2. The van der Waals surface area contributed by atoms with Crippen LogP contribution in [0.15, 0.2) is 0 Å². The molecule has 0 bridgehead atoms. The molecule has 1 N–H and O–H groups in total. The van der Waals surface area contributed by atoms with Gasteiger partial charge in [0.05, 0.1) is 0 Å². The van der Waals surface area contributed by atoms with Gasteiger partial charge in [0.25, 0.3) is 0 Å². The van der Waals surface area contributed by atoms with Crippen LogP contribution < -0.4 is 5.32 Å². The van der Waals surface area contributed by atoms with E-state index in [2.05, 4.69) is 19.2 Å². The lowest BCUT2D eigenvalue weighted by Crippen LogP contribution is -2.51. The Morgan fingerprint density at radius 2 is 2.07 bits per heavy atom. The Morgan fingerprint density at radius 1 is 1.40 bits per heavy atom. The number of piperidine rings is 1. The first-order valence-corrected chi connectivity index (χ1v) is 5.91. The summed E-state index contributed by atoms with van der Waals surface area (Å²) in [5.74, 6) is 0.529. The van der Waals surface area contributed by atoms with Gasteiger partial charge in [-0.05, 0) is 30.6 Å². The minimum atomic E-state index is -0.0817. The van der Waals surface area contributed by atoms with Crippen molar-refractivity contribution in [1.82, 2.24) is 5.32 Å². The van der Waals surface area contributed by atoms with Gasteiger partial charge in [-0.3, -0.25) is 14.9 Å². The fraction of sp³-hybridized carbons (Fsp3) is 0.833. The summed E-state index contributed by atoms with van der Waals surface area (Å²) >= 11 is 0. The van der Waals surface area contributed by atoms with Gasteiger partial charge < -0.3 is 0 Å². The van der Waals surface area contributed by atoms with Crippen LogP contribution >= 0.6 is 0 Å². The third kappa shape index (κ3) is 1.80. The van der Waals surface area contributed by atoms with E-state index in [0.29, 0.717) is 12.3 Å². The highest BCUT2D eigenvalue weighted by Gasteiger charge is 2.52. The van der Waals surface area contributed by atoms with Gasteiger partial charge in [-0.15, -0.1) is 0 Å². The van der Waals surface area contributed by atoms with Crippen LogP contribution in [0.3, 0.4) is 0 Å². The van der Waals surface area contributed by atoms with Gasteiger partial charge in [0.1, 0.15) is 0 Å². The Hall–Kier alpha value is -0.860. The lowest BCUT2D eigenvalue weighted by Gasteiger charge is -2.40. The van der Waals surface area contributed by atoms with E-state index in [1.165, 1.54) is 12.8 Å². The van der Waals surface area contributed by atoms with Crippen LogP contribution in [0.5, 0.6) is 0 Å². The molecule has 1 saturated carbocycles. The Balaban J connectivity index is 2.21. The van der Waals surface area contributed by atoms with Crippen LogP contribution in [0.4, 0.5) is 0 Å². The third-order valence-electron chi connectivity index (χ3n) is 4.00. The van der Waals surface area contributed by atoms with Gasteiger partial charge in [0, 0.05) is 12.3 Å². The van der Waals surface area contributed by atoms with Crippen molar-refractivity contribution in [3.63, 3.8) is 0 Å². The number of carbonyl (C=O) groups is 2. The second-order valence-electron chi connectivity index (χ2n) is 5.21. The van der Waals surface area contributed by atoms with E-state index in [4.69, 9.17) is 0 Å². The molecular weight excluding hydrogens is 190 g/mol. The molecule has 2 rings (SSSR count). The summed E-state index contributed by atoms with van der Waals surface area (Å²) in [5, 5.41) is 2.47. The van der Waals surface area contributed by atoms with Gasteiger partial charge in [0.15, 0.2) is 0 Å². The topological polar surface area (TPSA) is 46.2 Å². The van der Waals surface area contributed by atoms with Crippen LogP contribution in [-0.4, -0.2) is 11.8 Å². The zero-order valence-corrected chi connectivity index (χ0v) is 9.51. The SMILES string of the molecule is CCCC1C(=O)NC(=O)CC1(C)C1CC1. The summed E-state index contributed by atoms with van der Waals surface area (Å²) in [6.07, 6.45) is 4.84. The predicted octanol–water partition coefficient (Wildman–Crippen LogP) is 1.87. The molecule has 2 amide bonds. The lowest BCUT2D eigenvalue weighted by atomic mass is 9.66. The number of carbonyl (C=O) groups excluding carboxylic acids is 2. The van der Waals surface area contributed by atoms with Crippen molar-refractivity contribution in [2.24, 2.45) is 17.3 Å². The van der Waals surface area contributed by atoms with Crippen LogP contribution in [-0.2, 0) is 9.59 Å². The summed E-state index contributed by atoms with van der Waals surface area (Å²) < 4.78 is 0. The molecule has 1 heterocycles. The molecule has 2 atom stereocenters. The van der Waals surface area contributed by atoms with Gasteiger partial charge >= 0.3 is 0 Å². The molecule has 84 valence electrons. The first-order chi connectivity index (χ1) is 7.08. The van der Waals surface area contributed by atoms with Gasteiger partial charge in [0.2, 0.25) is 11.8 Å². The van der Waals surface area contributed by atoms with Crippen molar-refractivity contribution in [3.8, 4) is 0 Å². The summed E-state index contributed by atoms with van der Waals surface area (Å²) in [6.45, 7) is 4.22. The average Bonchev–Trinajstić information content (AvgIpc) is 2.94. The van der Waals surface area contributed by atoms with E-state index >= 15 is 0 Å². The predicted molar refractivity (Wildman–Crippen MR) is 57.0 cm³/mol. The molecule has 2 aliphatic rings. The smallest absolute Gasteiger partial charge is 0.230 e. The molecule has 1 aliphatic carbocycles. The maximum Gasteiger partial charge on any atom is 0.230 e. The Bertz CT molecular complexity index is 296. The maximum atomic E-state index is 11.8. The molecule has 0 aromatic rings. The Labute approximate surface area is 90.6 Å². The van der Waals surface area contributed by atoms with Crippen molar-refractivity contribution < 1.29 is 9.59 Å². The van der Waals surface area contributed by atoms with E-state index in [0.717, 1.165) is 12.8 Å². The van der Waals surface area contributed by atoms with Gasteiger partial charge in [-0.2, -0.15) is 0 Å². The van der Waals surface area contributed by atoms with Gasteiger partial charge in [-0.1, -0.05) is 20.3 Å². The summed E-state index contributed by atoms with van der Waals surface area (Å²) in [4.78, 5) is 23.2. The van der Waals surface area contributed by atoms with Crippen molar-refractivity contribution in [3.05, 3.63) is 0 Å². The molecule has 0 spiro atoms. The highest BCUT2D eigenvalue weighted by atomic mass is 16.2.